The maximum absolute atomic E-state index is 12.9. The number of aryl methyl sites for hydroxylation is 3. The third-order valence-corrected chi connectivity index (χ3v) is 5.61. The van der Waals surface area contributed by atoms with E-state index >= 15 is 0 Å². The lowest BCUT2D eigenvalue weighted by Gasteiger charge is -2.32. The van der Waals surface area contributed by atoms with Crippen molar-refractivity contribution < 1.29 is 9.32 Å². The van der Waals surface area contributed by atoms with Crippen molar-refractivity contribution in [3.05, 3.63) is 63.7 Å². The molecule has 0 spiro atoms. The van der Waals surface area contributed by atoms with Gasteiger partial charge in [-0.25, -0.2) is 14.0 Å². The number of hydrogen-bond acceptors (Lipinski definition) is 5. The zero-order valence-electron chi connectivity index (χ0n) is 17.0. The quantitative estimate of drug-likeness (QED) is 0.675. The molecule has 3 aromatic rings. The number of carbonyl (C=O) groups is 1. The zero-order chi connectivity index (χ0) is 20.5. The normalized spacial score (nSPS) is 16.9. The Morgan fingerprint density at radius 2 is 2.00 bits per heavy atom. The van der Waals surface area contributed by atoms with Crippen LogP contribution >= 0.6 is 0 Å². The van der Waals surface area contributed by atoms with Crippen molar-refractivity contribution in [3.8, 4) is 5.69 Å². The number of para-hydroxylation sites is 1. The van der Waals surface area contributed by atoms with Gasteiger partial charge in [0.2, 0.25) is 5.91 Å². The van der Waals surface area contributed by atoms with Crippen molar-refractivity contribution in [1.82, 2.24) is 24.4 Å². The molecule has 1 amide bonds. The second-order valence-electron chi connectivity index (χ2n) is 7.59. The number of carbonyl (C=O) groups excluding carboxylic acids is 1. The van der Waals surface area contributed by atoms with Gasteiger partial charge in [-0.15, -0.1) is 0 Å². The fourth-order valence-electron chi connectivity index (χ4n) is 4.00. The van der Waals surface area contributed by atoms with Crippen molar-refractivity contribution in [2.45, 2.75) is 39.0 Å². The van der Waals surface area contributed by atoms with Crippen LogP contribution in [0.25, 0.3) is 5.69 Å². The molecular weight excluding hydrogens is 370 g/mol. The summed E-state index contributed by atoms with van der Waals surface area (Å²) in [6, 6.07) is 9.52. The number of amides is 1. The monoisotopic (exact) mass is 395 g/mol. The van der Waals surface area contributed by atoms with E-state index in [1.165, 1.54) is 4.68 Å². The molecule has 1 aliphatic heterocycles. The van der Waals surface area contributed by atoms with Gasteiger partial charge in [0.15, 0.2) is 0 Å². The van der Waals surface area contributed by atoms with Crippen molar-refractivity contribution in [3.63, 3.8) is 0 Å². The third-order valence-electron chi connectivity index (χ3n) is 5.61. The van der Waals surface area contributed by atoms with Crippen molar-refractivity contribution in [2.75, 3.05) is 13.1 Å². The summed E-state index contributed by atoms with van der Waals surface area (Å²) in [5, 5.41) is 8.45. The first-order valence-electron chi connectivity index (χ1n) is 9.86. The average molecular weight is 395 g/mol. The standard InChI is InChI=1S/C21H25N5O3/c1-14-18(15(2)29-23-14)12-19(27)25-11-7-8-16(13-25)20-22-24(3)21(28)26(20)17-9-5-4-6-10-17/h4-6,9-10,16H,7-8,11-13H2,1-3H3/t16-/m1/s1. The minimum atomic E-state index is -0.176. The summed E-state index contributed by atoms with van der Waals surface area (Å²) in [5.74, 6) is 1.45. The van der Waals surface area contributed by atoms with E-state index in [9.17, 15) is 9.59 Å². The van der Waals surface area contributed by atoms with Crippen LogP contribution in [0.15, 0.2) is 39.6 Å². The van der Waals surface area contributed by atoms with Gasteiger partial charge in [0, 0.05) is 31.6 Å². The van der Waals surface area contributed by atoms with Crippen LogP contribution in [0.3, 0.4) is 0 Å². The Morgan fingerprint density at radius 3 is 2.69 bits per heavy atom. The van der Waals surface area contributed by atoms with Crippen LogP contribution in [-0.2, 0) is 18.3 Å². The Labute approximate surface area is 168 Å². The highest BCUT2D eigenvalue weighted by atomic mass is 16.5. The lowest BCUT2D eigenvalue weighted by Crippen LogP contribution is -2.40. The number of piperidine rings is 1. The molecule has 0 aliphatic carbocycles. The van der Waals surface area contributed by atoms with Crippen molar-refractivity contribution >= 4 is 5.91 Å². The van der Waals surface area contributed by atoms with Gasteiger partial charge in [-0.1, -0.05) is 23.4 Å². The van der Waals surface area contributed by atoms with Crippen LogP contribution in [0.4, 0.5) is 0 Å². The smallest absolute Gasteiger partial charge is 0.350 e. The highest BCUT2D eigenvalue weighted by Crippen LogP contribution is 2.27. The molecule has 8 nitrogen and oxygen atoms in total. The Kier molecular flexibility index (Phi) is 5.08. The molecule has 0 bridgehead atoms. The summed E-state index contributed by atoms with van der Waals surface area (Å²) in [7, 11) is 1.66. The van der Waals surface area contributed by atoms with Crippen LogP contribution in [-0.4, -0.2) is 43.4 Å². The van der Waals surface area contributed by atoms with Gasteiger partial charge in [0.1, 0.15) is 11.6 Å². The summed E-state index contributed by atoms with van der Waals surface area (Å²) in [4.78, 5) is 27.5. The molecular formula is C21H25N5O3. The fourth-order valence-corrected chi connectivity index (χ4v) is 4.00. The van der Waals surface area contributed by atoms with Gasteiger partial charge in [-0.3, -0.25) is 4.79 Å². The van der Waals surface area contributed by atoms with Crippen molar-refractivity contribution in [2.24, 2.45) is 7.05 Å². The zero-order valence-corrected chi connectivity index (χ0v) is 17.0. The molecule has 1 fully saturated rings. The summed E-state index contributed by atoms with van der Waals surface area (Å²) >= 11 is 0. The molecule has 1 aliphatic rings. The van der Waals surface area contributed by atoms with Crippen LogP contribution in [0, 0.1) is 13.8 Å². The van der Waals surface area contributed by atoms with Crippen molar-refractivity contribution in [1.29, 1.82) is 0 Å². The van der Waals surface area contributed by atoms with Gasteiger partial charge in [-0.2, -0.15) is 5.10 Å². The maximum atomic E-state index is 12.9. The predicted molar refractivity (Wildman–Crippen MR) is 107 cm³/mol. The second-order valence-corrected chi connectivity index (χ2v) is 7.59. The lowest BCUT2D eigenvalue weighted by atomic mass is 9.96. The maximum Gasteiger partial charge on any atom is 0.350 e. The number of hydrogen-bond donors (Lipinski definition) is 0. The molecule has 0 radical (unpaired) electrons. The molecule has 1 saturated heterocycles. The van der Waals surface area contributed by atoms with E-state index in [1.807, 2.05) is 49.1 Å². The van der Waals surface area contributed by atoms with E-state index in [0.717, 1.165) is 29.8 Å². The molecule has 2 aromatic heterocycles. The van der Waals surface area contributed by atoms with E-state index in [0.29, 0.717) is 24.7 Å². The minimum Gasteiger partial charge on any atom is -0.361 e. The van der Waals surface area contributed by atoms with Gasteiger partial charge in [-0.05, 0) is 38.8 Å². The Hall–Kier alpha value is -3.16. The van der Waals surface area contributed by atoms with Crippen LogP contribution in [0.2, 0.25) is 0 Å². The molecule has 1 atom stereocenters. The Balaban J connectivity index is 1.59. The largest absolute Gasteiger partial charge is 0.361 e. The molecule has 0 unspecified atom stereocenters. The summed E-state index contributed by atoms with van der Waals surface area (Å²) in [5.41, 5.74) is 2.23. The Bertz CT molecular complexity index is 1060. The van der Waals surface area contributed by atoms with Gasteiger partial charge in [0.05, 0.1) is 17.8 Å². The number of nitrogens with zero attached hydrogens (tertiary/aromatic N) is 5. The molecule has 29 heavy (non-hydrogen) atoms. The first-order valence-corrected chi connectivity index (χ1v) is 9.86. The van der Waals surface area contributed by atoms with E-state index < -0.39 is 0 Å². The van der Waals surface area contributed by atoms with Gasteiger partial charge >= 0.3 is 5.69 Å². The molecule has 8 heteroatoms. The molecule has 0 saturated carbocycles. The van der Waals surface area contributed by atoms with E-state index in [4.69, 9.17) is 4.52 Å². The molecule has 4 rings (SSSR count). The Morgan fingerprint density at radius 1 is 1.24 bits per heavy atom. The van der Waals surface area contributed by atoms with Crippen LogP contribution in [0.5, 0.6) is 0 Å². The average Bonchev–Trinajstić information content (AvgIpc) is 3.22. The first kappa shape index (κ1) is 19.2. The van der Waals surface area contributed by atoms with E-state index in [2.05, 4.69) is 10.3 Å². The molecule has 152 valence electrons. The van der Waals surface area contributed by atoms with Crippen LogP contribution in [0.1, 0.15) is 41.6 Å². The van der Waals surface area contributed by atoms with E-state index in [-0.39, 0.29) is 23.9 Å². The number of benzene rings is 1. The van der Waals surface area contributed by atoms with Crippen LogP contribution < -0.4 is 5.69 Å². The number of likely N-dealkylation sites (tertiary alicyclic amines) is 1. The summed E-state index contributed by atoms with van der Waals surface area (Å²) in [6.07, 6.45) is 2.04. The highest BCUT2D eigenvalue weighted by molar-refractivity contribution is 5.79. The first-order chi connectivity index (χ1) is 14.0. The number of aromatic nitrogens is 4. The molecule has 1 aromatic carbocycles. The SMILES string of the molecule is Cc1noc(C)c1CC(=O)N1CCC[C@@H](c2nn(C)c(=O)n2-c2ccccc2)C1. The number of rotatable bonds is 4. The molecule has 3 heterocycles. The molecule has 0 N–H and O–H groups in total. The van der Waals surface area contributed by atoms with E-state index in [1.54, 1.807) is 11.6 Å². The topological polar surface area (TPSA) is 86.2 Å². The highest BCUT2D eigenvalue weighted by Gasteiger charge is 2.30. The lowest BCUT2D eigenvalue weighted by molar-refractivity contribution is -0.131. The van der Waals surface area contributed by atoms with Gasteiger partial charge < -0.3 is 9.42 Å². The second kappa shape index (κ2) is 7.69. The predicted octanol–water partition coefficient (Wildman–Crippen LogP) is 2.12. The fraction of sp³-hybridized carbons (Fsp3) is 0.429. The summed E-state index contributed by atoms with van der Waals surface area (Å²) < 4.78 is 8.21. The summed E-state index contributed by atoms with van der Waals surface area (Å²) in [6.45, 7) is 4.94. The minimum absolute atomic E-state index is 0.00600. The third kappa shape index (κ3) is 3.62. The van der Waals surface area contributed by atoms with Gasteiger partial charge in [0.25, 0.3) is 0 Å².